The van der Waals surface area contributed by atoms with Gasteiger partial charge < -0.3 is 5.32 Å². The lowest BCUT2D eigenvalue weighted by Gasteiger charge is -2.32. The summed E-state index contributed by atoms with van der Waals surface area (Å²) < 4.78 is 0. The predicted molar refractivity (Wildman–Crippen MR) is 90.9 cm³/mol. The molecule has 2 heterocycles. The average Bonchev–Trinajstić information content (AvgIpc) is 2.62. The number of rotatable bonds is 4. The molecule has 3 rings (SSSR count). The van der Waals surface area contributed by atoms with E-state index in [9.17, 15) is 0 Å². The second kappa shape index (κ2) is 6.88. The average molecular weight is 296 g/mol. The van der Waals surface area contributed by atoms with Crippen LogP contribution in [0.2, 0.25) is 0 Å². The Balaban J connectivity index is 1.80. The monoisotopic (exact) mass is 296 g/mol. The lowest BCUT2D eigenvalue weighted by molar-refractivity contribution is 0.175. The molecular weight excluding hydrogens is 272 g/mol. The number of piperidine rings is 1. The molecule has 0 spiro atoms. The van der Waals surface area contributed by atoms with Crippen LogP contribution in [-0.4, -0.2) is 35.0 Å². The minimum absolute atomic E-state index is 0.486. The van der Waals surface area contributed by atoms with Crippen molar-refractivity contribution in [2.75, 3.05) is 25.5 Å². The first-order chi connectivity index (χ1) is 10.8. The van der Waals surface area contributed by atoms with Crippen molar-refractivity contribution in [3.63, 3.8) is 0 Å². The lowest BCUT2D eigenvalue weighted by Crippen LogP contribution is -2.32. The van der Waals surface area contributed by atoms with Gasteiger partial charge in [0.2, 0.25) is 0 Å². The molecule has 1 N–H and O–H groups in total. The van der Waals surface area contributed by atoms with Crippen molar-refractivity contribution in [3.05, 3.63) is 42.2 Å². The van der Waals surface area contributed by atoms with Crippen molar-refractivity contribution in [2.24, 2.45) is 0 Å². The first-order valence-corrected chi connectivity index (χ1v) is 8.12. The molecule has 0 bridgehead atoms. The number of likely N-dealkylation sites (tertiary alicyclic amines) is 1. The highest BCUT2D eigenvalue weighted by Crippen LogP contribution is 2.28. The predicted octanol–water partition coefficient (Wildman–Crippen LogP) is 3.73. The molecule has 1 aromatic carbocycles. The Bertz CT molecular complexity index is 603. The number of nitrogens with zero attached hydrogens (tertiary/aromatic N) is 3. The van der Waals surface area contributed by atoms with Gasteiger partial charge in [-0.3, -0.25) is 9.88 Å². The van der Waals surface area contributed by atoms with Gasteiger partial charge in [0, 0.05) is 31.0 Å². The number of aromatic nitrogens is 2. The van der Waals surface area contributed by atoms with Crippen LogP contribution >= 0.6 is 0 Å². The Morgan fingerprint density at radius 2 is 1.68 bits per heavy atom. The van der Waals surface area contributed by atoms with E-state index >= 15 is 0 Å². The Morgan fingerprint density at radius 3 is 2.36 bits per heavy atom. The van der Waals surface area contributed by atoms with Gasteiger partial charge in [-0.1, -0.05) is 30.7 Å². The molecule has 0 amide bonds. The summed E-state index contributed by atoms with van der Waals surface area (Å²) in [5.41, 5.74) is 3.38. The van der Waals surface area contributed by atoms with E-state index in [0.717, 1.165) is 17.1 Å². The van der Waals surface area contributed by atoms with Crippen molar-refractivity contribution in [3.8, 4) is 11.3 Å². The first-order valence-electron chi connectivity index (χ1n) is 8.12. The Kier molecular flexibility index (Phi) is 4.68. The van der Waals surface area contributed by atoms with Crippen LogP contribution in [0.3, 0.4) is 0 Å². The second-order valence-corrected chi connectivity index (χ2v) is 5.90. The van der Waals surface area contributed by atoms with Crippen LogP contribution in [0.15, 0.2) is 36.7 Å². The van der Waals surface area contributed by atoms with Crippen molar-refractivity contribution >= 4 is 5.82 Å². The molecular formula is C18H24N4. The van der Waals surface area contributed by atoms with Crippen LogP contribution in [0.1, 0.15) is 37.8 Å². The number of benzene rings is 1. The molecule has 2 aromatic rings. The first kappa shape index (κ1) is 15.0. The summed E-state index contributed by atoms with van der Waals surface area (Å²) in [6.07, 6.45) is 7.48. The fraction of sp³-hybridized carbons (Fsp3) is 0.444. The molecule has 1 aliphatic heterocycles. The van der Waals surface area contributed by atoms with Crippen molar-refractivity contribution < 1.29 is 0 Å². The van der Waals surface area contributed by atoms with Gasteiger partial charge in [0.15, 0.2) is 5.82 Å². The second-order valence-electron chi connectivity index (χ2n) is 5.90. The largest absolute Gasteiger partial charge is 0.371 e. The van der Waals surface area contributed by atoms with Gasteiger partial charge in [-0.15, -0.1) is 0 Å². The SMILES string of the molecule is CNc1nccnc1-c1ccc(C(C)N2CCCCC2)cc1. The van der Waals surface area contributed by atoms with Gasteiger partial charge in [0.1, 0.15) is 5.69 Å². The third kappa shape index (κ3) is 3.12. The van der Waals surface area contributed by atoms with Gasteiger partial charge >= 0.3 is 0 Å². The highest BCUT2D eigenvalue weighted by Gasteiger charge is 2.18. The van der Waals surface area contributed by atoms with E-state index in [-0.39, 0.29) is 0 Å². The van der Waals surface area contributed by atoms with E-state index in [2.05, 4.69) is 51.4 Å². The van der Waals surface area contributed by atoms with E-state index in [0.29, 0.717) is 6.04 Å². The van der Waals surface area contributed by atoms with Crippen LogP contribution < -0.4 is 5.32 Å². The van der Waals surface area contributed by atoms with E-state index < -0.39 is 0 Å². The summed E-state index contributed by atoms with van der Waals surface area (Å²) in [5, 5.41) is 3.10. The molecule has 0 saturated carbocycles. The number of anilines is 1. The van der Waals surface area contributed by atoms with Gasteiger partial charge in [0.25, 0.3) is 0 Å². The molecule has 1 saturated heterocycles. The third-order valence-corrected chi connectivity index (χ3v) is 4.54. The molecule has 1 aromatic heterocycles. The zero-order valence-electron chi connectivity index (χ0n) is 13.4. The minimum Gasteiger partial charge on any atom is -0.371 e. The van der Waals surface area contributed by atoms with E-state index in [1.54, 1.807) is 12.4 Å². The molecule has 1 aliphatic rings. The van der Waals surface area contributed by atoms with Crippen molar-refractivity contribution in [2.45, 2.75) is 32.2 Å². The molecule has 116 valence electrons. The zero-order chi connectivity index (χ0) is 15.4. The van der Waals surface area contributed by atoms with E-state index in [1.165, 1.54) is 37.9 Å². The van der Waals surface area contributed by atoms with Crippen molar-refractivity contribution in [1.82, 2.24) is 14.9 Å². The molecule has 1 unspecified atom stereocenters. The van der Waals surface area contributed by atoms with Gasteiger partial charge in [-0.05, 0) is 38.4 Å². The summed E-state index contributed by atoms with van der Waals surface area (Å²) in [6, 6.07) is 9.24. The van der Waals surface area contributed by atoms with Gasteiger partial charge in [-0.2, -0.15) is 0 Å². The number of hydrogen-bond acceptors (Lipinski definition) is 4. The molecule has 4 heteroatoms. The standard InChI is InChI=1S/C18H24N4/c1-14(22-12-4-3-5-13-22)15-6-8-16(9-7-15)17-18(19-2)21-11-10-20-17/h6-11,14H,3-5,12-13H2,1-2H3,(H,19,21). The van der Waals surface area contributed by atoms with Crippen LogP contribution in [0.4, 0.5) is 5.82 Å². The smallest absolute Gasteiger partial charge is 0.152 e. The normalized spacial score (nSPS) is 17.2. The Hall–Kier alpha value is -1.94. The van der Waals surface area contributed by atoms with Gasteiger partial charge in [-0.25, -0.2) is 4.98 Å². The Labute approximate surface area is 132 Å². The fourth-order valence-corrected chi connectivity index (χ4v) is 3.17. The molecule has 0 aliphatic carbocycles. The van der Waals surface area contributed by atoms with E-state index in [1.807, 2.05) is 7.05 Å². The topological polar surface area (TPSA) is 41.1 Å². The maximum atomic E-state index is 4.45. The van der Waals surface area contributed by atoms with E-state index in [4.69, 9.17) is 0 Å². The van der Waals surface area contributed by atoms with Crippen LogP contribution in [-0.2, 0) is 0 Å². The number of hydrogen-bond donors (Lipinski definition) is 1. The van der Waals surface area contributed by atoms with Gasteiger partial charge in [0.05, 0.1) is 0 Å². The lowest BCUT2D eigenvalue weighted by atomic mass is 10.0. The maximum Gasteiger partial charge on any atom is 0.152 e. The maximum absolute atomic E-state index is 4.45. The molecule has 22 heavy (non-hydrogen) atoms. The highest BCUT2D eigenvalue weighted by atomic mass is 15.2. The molecule has 0 radical (unpaired) electrons. The summed E-state index contributed by atoms with van der Waals surface area (Å²) in [4.78, 5) is 11.4. The molecule has 1 atom stereocenters. The summed E-state index contributed by atoms with van der Waals surface area (Å²) in [5.74, 6) is 0.819. The quantitative estimate of drug-likeness (QED) is 0.933. The highest BCUT2D eigenvalue weighted by molar-refractivity contribution is 5.71. The van der Waals surface area contributed by atoms with Crippen LogP contribution in [0.5, 0.6) is 0 Å². The fourth-order valence-electron chi connectivity index (χ4n) is 3.17. The van der Waals surface area contributed by atoms with Crippen LogP contribution in [0, 0.1) is 0 Å². The third-order valence-electron chi connectivity index (χ3n) is 4.54. The van der Waals surface area contributed by atoms with Crippen LogP contribution in [0.25, 0.3) is 11.3 Å². The molecule has 4 nitrogen and oxygen atoms in total. The Morgan fingerprint density at radius 1 is 1.00 bits per heavy atom. The zero-order valence-corrected chi connectivity index (χ0v) is 13.4. The summed E-state index contributed by atoms with van der Waals surface area (Å²) in [6.45, 7) is 4.75. The minimum atomic E-state index is 0.486. The molecule has 1 fully saturated rings. The summed E-state index contributed by atoms with van der Waals surface area (Å²) >= 11 is 0. The summed E-state index contributed by atoms with van der Waals surface area (Å²) in [7, 11) is 1.88. The van der Waals surface area contributed by atoms with Crippen molar-refractivity contribution in [1.29, 1.82) is 0 Å². The number of nitrogens with one attached hydrogen (secondary N) is 1.